The van der Waals surface area contributed by atoms with E-state index in [4.69, 9.17) is 66.3 Å². The highest BCUT2D eigenvalue weighted by Gasteiger charge is 2.31. The number of alkyl halides is 1. The number of aliphatic hydroxyl groups is 1. The summed E-state index contributed by atoms with van der Waals surface area (Å²) >= 11 is 26.1. The van der Waals surface area contributed by atoms with Crippen LogP contribution in [0.4, 0.5) is 40.3 Å². The third-order valence-corrected chi connectivity index (χ3v) is 14.7. The number of nitrogen functional groups attached to an aromatic ring is 1. The Hall–Kier alpha value is -5.75. The molecule has 0 saturated heterocycles. The maximum atomic E-state index is 13.5. The first-order valence-corrected chi connectivity index (χ1v) is 29.2. The number of carbonyl (C=O) groups excluding carboxylic acids is 3. The highest BCUT2D eigenvalue weighted by Crippen LogP contribution is 2.31. The summed E-state index contributed by atoms with van der Waals surface area (Å²) in [6.45, 7) is 21.2. The van der Waals surface area contributed by atoms with Gasteiger partial charge >= 0.3 is 17.9 Å². The Balaban J connectivity index is -0.00000104. The topological polar surface area (TPSA) is 144 Å². The average Bonchev–Trinajstić information content (AvgIpc) is 2.88. The summed E-state index contributed by atoms with van der Waals surface area (Å²) in [5.74, 6) is -2.08. The molecule has 20 heteroatoms. The molecule has 6 aromatic carbocycles. The van der Waals surface area contributed by atoms with Gasteiger partial charge in [-0.1, -0.05) is 208 Å². The number of nitrogens with one attached hydrogen (secondary N) is 1. The van der Waals surface area contributed by atoms with Crippen LogP contribution >= 0.6 is 62.3 Å². The number of hydrogen-bond acceptors (Lipinski definition) is 11. The maximum absolute atomic E-state index is 13.5. The molecule has 0 aliphatic heterocycles. The number of carbonyl (C=O) groups is 3. The minimum absolute atomic E-state index is 0. The van der Waals surface area contributed by atoms with E-state index in [1.54, 1.807) is 32.0 Å². The second-order valence-corrected chi connectivity index (χ2v) is 22.6. The summed E-state index contributed by atoms with van der Waals surface area (Å²) < 4.78 is 67.0. The molecular weight excluding hydrogens is 1270 g/mol. The van der Waals surface area contributed by atoms with Crippen molar-refractivity contribution in [2.75, 3.05) is 47.8 Å². The molecule has 0 aromatic heterocycles. The molecule has 87 heavy (non-hydrogen) atoms. The molecule has 11 nitrogen and oxygen atoms in total. The standard InChI is InChI=1S/C19H21ClFNO2.C18H21ClFNO.C13H17ClFNO2.C7H13BrO2.C6H5ClFN.4CH4/c1-13(2)18(19(23)24-3)22(12-14-7-5-4-6-8-14)15-9-10-17(21)16(20)11-15;1-13(2)18(12-22)21(11-14-6-4-3-5-7-14)15-8-9-17(20)16(19)10-15;1-4-18-13(17)12(8(2)3)16-9-5-6-11(15)10(14)7-9;1-4-10-7(9)6(8)5(2)3;7-5-3-4(9)1-2-6(5)8;;;;/h4-11,13,18H,12H2,1-3H3;3-10,13,18,22H,11-12H2,1-2H3;5-8,12,16H,4H2,1-3H3;5-6H,4H2,1-3H3;1-3H,9H2;4*1H4. The Labute approximate surface area is 545 Å². The molecule has 0 spiro atoms. The lowest BCUT2D eigenvalue weighted by Crippen LogP contribution is -2.45. The molecule has 6 rings (SSSR count). The van der Waals surface area contributed by atoms with E-state index in [1.807, 2.05) is 107 Å². The van der Waals surface area contributed by atoms with Crippen molar-refractivity contribution >= 4 is 103 Å². The molecule has 486 valence electrons. The predicted molar refractivity (Wildman–Crippen MR) is 362 cm³/mol. The van der Waals surface area contributed by atoms with Gasteiger partial charge in [0.15, 0.2) is 0 Å². The predicted octanol–water partition coefficient (Wildman–Crippen LogP) is 19.2. The van der Waals surface area contributed by atoms with Crippen LogP contribution in [0.1, 0.15) is 110 Å². The van der Waals surface area contributed by atoms with Crippen molar-refractivity contribution in [2.45, 2.75) is 135 Å². The van der Waals surface area contributed by atoms with Gasteiger partial charge in [-0.25, -0.2) is 27.2 Å². The van der Waals surface area contributed by atoms with Gasteiger partial charge in [-0.2, -0.15) is 0 Å². The average molecular weight is 1360 g/mol. The van der Waals surface area contributed by atoms with Crippen molar-refractivity contribution in [3.63, 3.8) is 0 Å². The van der Waals surface area contributed by atoms with Gasteiger partial charge in [0.25, 0.3) is 0 Å². The molecule has 0 heterocycles. The summed E-state index contributed by atoms with van der Waals surface area (Å²) in [6, 6.07) is 36.2. The number of hydrogen-bond donors (Lipinski definition) is 3. The molecule has 0 aliphatic rings. The van der Waals surface area contributed by atoms with Crippen LogP contribution < -0.4 is 20.9 Å². The fourth-order valence-corrected chi connectivity index (χ4v) is 8.54. The van der Waals surface area contributed by atoms with Gasteiger partial charge in [0.05, 0.1) is 53.1 Å². The Morgan fingerprint density at radius 2 is 0.943 bits per heavy atom. The molecule has 4 atom stereocenters. The van der Waals surface area contributed by atoms with Gasteiger partial charge in [-0.15, -0.1) is 0 Å². The summed E-state index contributed by atoms with van der Waals surface area (Å²) in [5.41, 5.74) is 9.99. The van der Waals surface area contributed by atoms with E-state index in [0.29, 0.717) is 49.3 Å². The van der Waals surface area contributed by atoms with E-state index >= 15 is 0 Å². The molecule has 4 N–H and O–H groups in total. The van der Waals surface area contributed by atoms with Crippen LogP contribution in [0.25, 0.3) is 0 Å². The number of ether oxygens (including phenoxy) is 3. The Morgan fingerprint density at radius 3 is 1.30 bits per heavy atom. The first kappa shape index (κ1) is 85.5. The van der Waals surface area contributed by atoms with Crippen molar-refractivity contribution in [3.05, 3.63) is 188 Å². The fourth-order valence-electron chi connectivity index (χ4n) is 7.69. The minimum atomic E-state index is -0.503. The Kier molecular flexibility index (Phi) is 43.9. The summed E-state index contributed by atoms with van der Waals surface area (Å²) in [5, 5.41) is 13.0. The first-order valence-electron chi connectivity index (χ1n) is 26.8. The molecule has 0 fully saturated rings. The molecule has 0 amide bonds. The zero-order valence-electron chi connectivity index (χ0n) is 48.6. The van der Waals surface area contributed by atoms with Crippen LogP contribution in [-0.2, 0) is 41.7 Å². The van der Waals surface area contributed by atoms with Crippen LogP contribution in [0.2, 0.25) is 20.1 Å². The van der Waals surface area contributed by atoms with E-state index in [2.05, 4.69) is 40.0 Å². The number of aliphatic hydroxyl groups excluding tert-OH is 1. The number of esters is 3. The van der Waals surface area contributed by atoms with Crippen molar-refractivity contribution in [1.29, 1.82) is 0 Å². The van der Waals surface area contributed by atoms with Gasteiger partial charge < -0.3 is 40.2 Å². The SMILES string of the molecule is C.C.C.C.CC(C)C(CO)N(Cc1ccccc1)c1ccc(F)c(Cl)c1.CCOC(=O)C(Br)C(C)C.CCOC(=O)C(Nc1ccc(F)c(Cl)c1)C(C)C.COC(=O)C(C(C)C)N(Cc1ccccc1)c1ccc(F)c(Cl)c1.Nc1ccc(F)c(Cl)c1. The van der Waals surface area contributed by atoms with Gasteiger partial charge in [0.1, 0.15) is 40.2 Å². The Morgan fingerprint density at radius 1 is 0.540 bits per heavy atom. The minimum Gasteiger partial charge on any atom is -0.467 e. The quantitative estimate of drug-likeness (QED) is 0.0221. The lowest BCUT2D eigenvalue weighted by atomic mass is 10.0. The molecule has 0 aliphatic carbocycles. The monoisotopic (exact) mass is 1360 g/mol. The highest BCUT2D eigenvalue weighted by molar-refractivity contribution is 9.10. The Bertz CT molecular complexity index is 2900. The van der Waals surface area contributed by atoms with Crippen molar-refractivity contribution in [2.24, 2.45) is 23.7 Å². The number of nitrogens with two attached hydrogens (primary N) is 1. The van der Waals surface area contributed by atoms with E-state index in [0.717, 1.165) is 16.8 Å². The highest BCUT2D eigenvalue weighted by atomic mass is 79.9. The second-order valence-electron chi connectivity index (χ2n) is 19.9. The van der Waals surface area contributed by atoms with Crippen LogP contribution in [0.3, 0.4) is 0 Å². The van der Waals surface area contributed by atoms with Crippen molar-refractivity contribution in [3.8, 4) is 0 Å². The van der Waals surface area contributed by atoms with Crippen LogP contribution in [-0.4, -0.2) is 72.9 Å². The first-order chi connectivity index (χ1) is 39.2. The van der Waals surface area contributed by atoms with Gasteiger partial charge in [0.2, 0.25) is 0 Å². The number of nitrogens with zero attached hydrogens (tertiary/aromatic N) is 2. The second kappa shape index (κ2) is 44.6. The number of rotatable bonds is 20. The third kappa shape index (κ3) is 29.9. The zero-order valence-corrected chi connectivity index (χ0v) is 53.2. The van der Waals surface area contributed by atoms with E-state index < -0.39 is 35.4 Å². The lowest BCUT2D eigenvalue weighted by molar-refractivity contribution is -0.145. The molecule has 6 aromatic rings. The number of methoxy groups -OCH3 is 1. The normalized spacial score (nSPS) is 11.6. The number of anilines is 4. The van der Waals surface area contributed by atoms with E-state index in [-0.39, 0.29) is 103 Å². The molecule has 0 saturated carbocycles. The van der Waals surface area contributed by atoms with Crippen LogP contribution in [0, 0.1) is 46.9 Å². The molecular formula is C67H93BrCl4F4N4O7. The van der Waals surface area contributed by atoms with Crippen LogP contribution in [0.5, 0.6) is 0 Å². The zero-order chi connectivity index (χ0) is 62.5. The van der Waals surface area contributed by atoms with Crippen molar-refractivity contribution < 1.29 is 51.3 Å². The molecule has 0 radical (unpaired) electrons. The van der Waals surface area contributed by atoms with Crippen LogP contribution in [0.15, 0.2) is 133 Å². The summed E-state index contributed by atoms with van der Waals surface area (Å²) in [6.07, 6.45) is 0. The number of benzene rings is 6. The van der Waals surface area contributed by atoms with Gasteiger partial charge in [-0.3, -0.25) is 4.79 Å². The smallest absolute Gasteiger partial charge is 0.328 e. The van der Waals surface area contributed by atoms with E-state index in [1.165, 1.54) is 61.7 Å². The van der Waals surface area contributed by atoms with E-state index in [9.17, 15) is 37.1 Å². The third-order valence-electron chi connectivity index (χ3n) is 12.1. The maximum Gasteiger partial charge on any atom is 0.328 e. The van der Waals surface area contributed by atoms with Gasteiger partial charge in [-0.05, 0) is 121 Å². The largest absolute Gasteiger partial charge is 0.467 e. The van der Waals surface area contributed by atoms with Gasteiger partial charge in [0, 0.05) is 35.8 Å². The molecule has 4 unspecified atom stereocenters. The van der Waals surface area contributed by atoms with Crippen molar-refractivity contribution in [1.82, 2.24) is 0 Å². The number of halogens is 9. The summed E-state index contributed by atoms with van der Waals surface area (Å²) in [7, 11) is 1.37. The fraction of sp³-hybridized carbons (Fsp3) is 0.418. The lowest BCUT2D eigenvalue weighted by Gasteiger charge is -2.35. The summed E-state index contributed by atoms with van der Waals surface area (Å²) in [4.78, 5) is 38.8. The molecule has 0 bridgehead atoms.